The molecule has 0 saturated carbocycles. The Labute approximate surface area is 130 Å². The fourth-order valence-electron chi connectivity index (χ4n) is 2.63. The minimum atomic E-state index is -0.899. The molecule has 0 fully saturated rings. The minimum absolute atomic E-state index is 0.899. The molecule has 0 bridgehead atoms. The average molecular weight is 287 g/mol. The van der Waals surface area contributed by atoms with Crippen molar-refractivity contribution in [2.45, 2.75) is 5.54 Å². The van der Waals surface area contributed by atoms with Crippen LogP contribution < -0.4 is 5.32 Å². The first-order valence-electron chi connectivity index (χ1n) is 7.26. The molecule has 0 aliphatic rings. The topological polar surface area (TPSA) is 29.1 Å². The number of aldehydes is 1. The first-order chi connectivity index (χ1) is 10.8. The number of anilines is 1. The Bertz CT molecular complexity index is 684. The number of rotatable bonds is 5. The summed E-state index contributed by atoms with van der Waals surface area (Å²) >= 11 is 0. The molecule has 1 N–H and O–H groups in total. The summed E-state index contributed by atoms with van der Waals surface area (Å²) in [6, 6.07) is 29.4. The van der Waals surface area contributed by atoms with Crippen molar-refractivity contribution in [2.24, 2.45) is 0 Å². The Morgan fingerprint density at radius 1 is 0.636 bits per heavy atom. The summed E-state index contributed by atoms with van der Waals surface area (Å²) in [6.45, 7) is 0. The van der Waals surface area contributed by atoms with Gasteiger partial charge in [0, 0.05) is 5.69 Å². The van der Waals surface area contributed by atoms with E-state index < -0.39 is 5.54 Å². The highest BCUT2D eigenvalue weighted by atomic mass is 16.1. The molecule has 0 radical (unpaired) electrons. The number of nitrogens with one attached hydrogen (secondary N) is 1. The zero-order valence-electron chi connectivity index (χ0n) is 12.1. The van der Waals surface area contributed by atoms with Crippen molar-refractivity contribution < 1.29 is 4.79 Å². The van der Waals surface area contributed by atoms with Gasteiger partial charge in [0.1, 0.15) is 5.54 Å². The molecule has 108 valence electrons. The van der Waals surface area contributed by atoms with Crippen LogP contribution in [0.2, 0.25) is 0 Å². The quantitative estimate of drug-likeness (QED) is 0.711. The third kappa shape index (κ3) is 2.63. The van der Waals surface area contributed by atoms with Crippen molar-refractivity contribution in [3.63, 3.8) is 0 Å². The molecule has 22 heavy (non-hydrogen) atoms. The minimum Gasteiger partial charge on any atom is -0.366 e. The average Bonchev–Trinajstić information content (AvgIpc) is 2.62. The molecule has 0 spiro atoms. The van der Waals surface area contributed by atoms with Gasteiger partial charge in [0.15, 0.2) is 6.29 Å². The van der Waals surface area contributed by atoms with E-state index in [1.165, 1.54) is 0 Å². The van der Waals surface area contributed by atoms with Crippen LogP contribution in [0.1, 0.15) is 11.1 Å². The van der Waals surface area contributed by atoms with Gasteiger partial charge in [-0.25, -0.2) is 0 Å². The van der Waals surface area contributed by atoms with Gasteiger partial charge in [0.05, 0.1) is 0 Å². The van der Waals surface area contributed by atoms with Crippen LogP contribution in [0, 0.1) is 0 Å². The van der Waals surface area contributed by atoms with E-state index >= 15 is 0 Å². The molecule has 3 aromatic rings. The summed E-state index contributed by atoms with van der Waals surface area (Å²) in [4.78, 5) is 12.2. The smallest absolute Gasteiger partial charge is 0.154 e. The Kier molecular flexibility index (Phi) is 4.01. The molecule has 2 heteroatoms. The molecule has 0 heterocycles. The largest absolute Gasteiger partial charge is 0.366 e. The third-order valence-corrected chi connectivity index (χ3v) is 3.75. The zero-order valence-corrected chi connectivity index (χ0v) is 12.1. The van der Waals surface area contributed by atoms with Crippen molar-refractivity contribution in [1.29, 1.82) is 0 Å². The Morgan fingerprint density at radius 2 is 1.05 bits per heavy atom. The second-order valence-corrected chi connectivity index (χ2v) is 5.15. The highest BCUT2D eigenvalue weighted by Crippen LogP contribution is 2.31. The highest BCUT2D eigenvalue weighted by Gasteiger charge is 2.33. The summed E-state index contributed by atoms with van der Waals surface area (Å²) < 4.78 is 0. The van der Waals surface area contributed by atoms with E-state index in [9.17, 15) is 4.79 Å². The van der Waals surface area contributed by atoms with Gasteiger partial charge in [-0.1, -0.05) is 78.9 Å². The lowest BCUT2D eigenvalue weighted by atomic mass is 9.83. The lowest BCUT2D eigenvalue weighted by Crippen LogP contribution is -2.38. The van der Waals surface area contributed by atoms with Crippen molar-refractivity contribution in [3.8, 4) is 0 Å². The van der Waals surface area contributed by atoms with Crippen molar-refractivity contribution >= 4 is 12.0 Å². The Morgan fingerprint density at radius 3 is 1.45 bits per heavy atom. The Balaban J connectivity index is 2.15. The maximum absolute atomic E-state index is 12.2. The third-order valence-electron chi connectivity index (χ3n) is 3.75. The number of carbonyl (C=O) groups is 1. The first-order valence-corrected chi connectivity index (χ1v) is 7.26. The molecule has 2 nitrogen and oxygen atoms in total. The van der Waals surface area contributed by atoms with Gasteiger partial charge in [-0.15, -0.1) is 0 Å². The van der Waals surface area contributed by atoms with E-state index in [4.69, 9.17) is 0 Å². The van der Waals surface area contributed by atoms with Gasteiger partial charge in [-0.05, 0) is 23.3 Å². The second kappa shape index (κ2) is 6.27. The van der Waals surface area contributed by atoms with Crippen molar-refractivity contribution in [2.75, 3.05) is 5.32 Å². The molecule has 0 unspecified atom stereocenters. The molecule has 0 atom stereocenters. The van der Waals surface area contributed by atoms with Gasteiger partial charge < -0.3 is 5.32 Å². The number of hydrogen-bond acceptors (Lipinski definition) is 2. The summed E-state index contributed by atoms with van der Waals surface area (Å²) in [5.41, 5.74) is 1.84. The van der Waals surface area contributed by atoms with Crippen LogP contribution in [0.5, 0.6) is 0 Å². The lowest BCUT2D eigenvalue weighted by Gasteiger charge is -2.31. The molecule has 0 aliphatic carbocycles. The molecule has 0 aromatic heterocycles. The van der Waals surface area contributed by atoms with Crippen molar-refractivity contribution in [3.05, 3.63) is 102 Å². The van der Waals surface area contributed by atoms with Gasteiger partial charge in [0.25, 0.3) is 0 Å². The Hall–Kier alpha value is -2.87. The van der Waals surface area contributed by atoms with Crippen LogP contribution in [0.3, 0.4) is 0 Å². The fraction of sp³-hybridized carbons (Fsp3) is 0.0500. The van der Waals surface area contributed by atoms with Gasteiger partial charge >= 0.3 is 0 Å². The molecule has 3 rings (SSSR count). The zero-order chi connectivity index (χ0) is 15.3. The molecule has 0 saturated heterocycles. The number of benzene rings is 3. The van der Waals surface area contributed by atoms with E-state index in [2.05, 4.69) is 5.32 Å². The second-order valence-electron chi connectivity index (χ2n) is 5.15. The summed E-state index contributed by atoms with van der Waals surface area (Å²) in [5.74, 6) is 0. The van der Waals surface area contributed by atoms with Crippen LogP contribution in [0.15, 0.2) is 91.0 Å². The lowest BCUT2D eigenvalue weighted by molar-refractivity contribution is -0.110. The SMILES string of the molecule is O=CC(Nc1ccccc1)(c1ccccc1)c1ccccc1. The standard InChI is InChI=1S/C20H17NO/c22-16-20(17-10-4-1-5-11-17,18-12-6-2-7-13-18)21-19-14-8-3-9-15-19/h1-16,21H. The first kappa shape index (κ1) is 14.1. The van der Waals surface area contributed by atoms with Crippen LogP contribution in [0.4, 0.5) is 5.69 Å². The van der Waals surface area contributed by atoms with Crippen molar-refractivity contribution in [1.82, 2.24) is 0 Å². The molecular formula is C20H17NO. The molecule has 0 aliphatic heterocycles. The van der Waals surface area contributed by atoms with Crippen LogP contribution >= 0.6 is 0 Å². The summed E-state index contributed by atoms with van der Waals surface area (Å²) in [7, 11) is 0. The van der Waals surface area contributed by atoms with Crippen LogP contribution in [0.25, 0.3) is 0 Å². The number of para-hydroxylation sites is 1. The predicted octanol–water partition coefficient (Wildman–Crippen LogP) is 4.24. The molecular weight excluding hydrogens is 270 g/mol. The highest BCUT2D eigenvalue weighted by molar-refractivity contribution is 5.79. The van der Waals surface area contributed by atoms with Gasteiger partial charge in [-0.3, -0.25) is 4.79 Å². The van der Waals surface area contributed by atoms with Gasteiger partial charge in [-0.2, -0.15) is 0 Å². The maximum atomic E-state index is 12.2. The molecule has 0 amide bonds. The monoisotopic (exact) mass is 287 g/mol. The van der Waals surface area contributed by atoms with Crippen LogP contribution in [-0.2, 0) is 10.3 Å². The molecule has 3 aromatic carbocycles. The van der Waals surface area contributed by atoms with Gasteiger partial charge in [0.2, 0.25) is 0 Å². The number of hydrogen-bond donors (Lipinski definition) is 1. The maximum Gasteiger partial charge on any atom is 0.154 e. The fourth-order valence-corrected chi connectivity index (χ4v) is 2.63. The number of carbonyl (C=O) groups excluding carboxylic acids is 1. The normalized spacial score (nSPS) is 10.9. The summed E-state index contributed by atoms with van der Waals surface area (Å²) in [5, 5.41) is 3.41. The predicted molar refractivity (Wildman–Crippen MR) is 89.8 cm³/mol. The van der Waals surface area contributed by atoms with E-state index in [0.29, 0.717) is 0 Å². The van der Waals surface area contributed by atoms with E-state index in [0.717, 1.165) is 23.1 Å². The van der Waals surface area contributed by atoms with E-state index in [1.807, 2.05) is 91.0 Å². The van der Waals surface area contributed by atoms with E-state index in [1.54, 1.807) is 0 Å². The summed E-state index contributed by atoms with van der Waals surface area (Å²) in [6.07, 6.45) is 0.977. The van der Waals surface area contributed by atoms with Crippen LogP contribution in [-0.4, -0.2) is 6.29 Å². The van der Waals surface area contributed by atoms with E-state index in [-0.39, 0.29) is 0 Å².